The summed E-state index contributed by atoms with van der Waals surface area (Å²) in [6, 6.07) is 0. The highest BCUT2D eigenvalue weighted by Crippen LogP contribution is 2.35. The first-order chi connectivity index (χ1) is 40.9. The Morgan fingerprint density at radius 3 is 1.08 bits per heavy atom. The van der Waals surface area contributed by atoms with Crippen LogP contribution in [-0.4, -0.2) is 168 Å². The summed E-state index contributed by atoms with van der Waals surface area (Å²) in [6.45, 7) is 79.3. The normalized spacial score (nSPS) is 15.8. The van der Waals surface area contributed by atoms with Crippen molar-refractivity contribution in [3.8, 4) is 0 Å². The van der Waals surface area contributed by atoms with Crippen LogP contribution in [0.1, 0.15) is 303 Å². The van der Waals surface area contributed by atoms with Crippen molar-refractivity contribution < 1.29 is 19.4 Å². The van der Waals surface area contributed by atoms with Crippen molar-refractivity contribution in [2.45, 2.75) is 309 Å². The Bertz CT molecular complexity index is 1220. The Hall–Kier alpha value is -0.650. The third kappa shape index (κ3) is 101. The minimum atomic E-state index is -0.0741. The van der Waals surface area contributed by atoms with Gasteiger partial charge >= 0.3 is 0 Å². The first-order valence-corrected chi connectivity index (χ1v) is 37.7. The molecule has 0 amide bonds. The number of nitrogens with zero attached hydrogens (tertiary/aromatic N) is 5. The Morgan fingerprint density at radius 2 is 0.875 bits per heavy atom. The predicted octanol–water partition coefficient (Wildman–Crippen LogP) is 21.1. The number of hydrogen-bond donors (Lipinski definition) is 1. The summed E-state index contributed by atoms with van der Waals surface area (Å²) in [5.74, 6) is 10.8. The SMILES string of the molecule is CC(=O)C(C)C.CC(C)C(C)C.CC(C)C1CC1.CC(C)CCN(C)C.CC(C)CCN1CCCCC1.CC(C)CCN1CCN(C)CC1.CC(C)CCN1CCOCC1.CCC(O)CC(C)C.CCCC(C)C.CCCCC(C)C.COCCC(C)C. The standard InChI is InChI=1S/C10H22N2.C10H21N.C9H19NO.C7H17N.C7H16O.C7H16.C6H14O.C6H12.2C6H14.C5H10O/c1-10(2)4-5-12-8-6-11(3)7-9-12;1-10(2)6-9-11-7-4-3-5-8-11;1-9(2)3-4-10-5-7-11-8-6-10;1-7(2)5-6-8(3)4;1-4-7(8)5-6(2)3;1-4-5-6-7(2)3;1-6(2)4-5-7-3;1-5(2)6-3-4-6;1-5(2)6(3)4;1-4-5-6(2)3;1-4(2)5(3)6/h10H,4-9H2,1-3H3;10H,3-9H2,1-2H3;9H,3-8H2,1-2H3;7H,5-6H2,1-4H3;6-8H,4-5H2,1-3H3;7H,4-6H2,1-3H3;6H,4-5H2,1-3H3;5-6H,3-4H2,1-2H3;5-6H,1-4H3;6H,4-5H2,1-3H3;4H,1-3H3. The lowest BCUT2D eigenvalue weighted by atomic mass is 10.0. The molecule has 4 aliphatic rings. The van der Waals surface area contributed by atoms with Crippen LogP contribution in [0.5, 0.6) is 0 Å². The minimum absolute atomic E-state index is 0.0741. The van der Waals surface area contributed by atoms with Gasteiger partial charge in [0.1, 0.15) is 5.78 Å². The largest absolute Gasteiger partial charge is 0.393 e. The molecule has 3 aliphatic heterocycles. The van der Waals surface area contributed by atoms with Gasteiger partial charge in [-0.05, 0) is 209 Å². The van der Waals surface area contributed by atoms with E-state index in [-0.39, 0.29) is 17.8 Å². The molecule has 1 saturated carbocycles. The number of likely N-dealkylation sites (N-methyl/N-ethyl adjacent to an activating group) is 1. The number of aliphatic hydroxyl groups is 1. The van der Waals surface area contributed by atoms with Crippen LogP contribution in [0.15, 0.2) is 0 Å². The molecule has 0 aromatic rings. The highest BCUT2D eigenvalue weighted by atomic mass is 16.5. The molecule has 9 nitrogen and oxygen atoms in total. The molecular formula is C79H175N5O4. The summed E-state index contributed by atoms with van der Waals surface area (Å²) in [6.07, 6.45) is 22.4. The minimum Gasteiger partial charge on any atom is -0.393 e. The number of piperazine rings is 1. The number of ketones is 1. The van der Waals surface area contributed by atoms with E-state index in [1.165, 1.54) is 162 Å². The van der Waals surface area contributed by atoms with Gasteiger partial charge < -0.3 is 34.2 Å². The van der Waals surface area contributed by atoms with Gasteiger partial charge in [0, 0.05) is 58.9 Å². The van der Waals surface area contributed by atoms with E-state index in [0.717, 1.165) is 111 Å². The maximum Gasteiger partial charge on any atom is 0.132 e. The molecule has 3 saturated heterocycles. The maximum absolute atomic E-state index is 10.1. The average Bonchev–Trinajstić information content (AvgIpc) is 4.53. The zero-order valence-electron chi connectivity index (χ0n) is 67.1. The Kier molecular flexibility index (Phi) is 82.8. The van der Waals surface area contributed by atoms with Gasteiger partial charge in [0.2, 0.25) is 0 Å². The number of rotatable bonds is 26. The molecule has 0 aromatic heterocycles. The van der Waals surface area contributed by atoms with Gasteiger partial charge in [0.25, 0.3) is 0 Å². The lowest BCUT2D eigenvalue weighted by Crippen LogP contribution is -2.44. The van der Waals surface area contributed by atoms with Crippen molar-refractivity contribution in [1.82, 2.24) is 24.5 Å². The number of carbonyl (C=O) groups is 1. The van der Waals surface area contributed by atoms with Gasteiger partial charge in [-0.3, -0.25) is 9.69 Å². The average molecular weight is 1260 g/mol. The van der Waals surface area contributed by atoms with E-state index in [1.807, 2.05) is 20.8 Å². The number of methoxy groups -OCH3 is 1. The zero-order chi connectivity index (χ0) is 69.6. The van der Waals surface area contributed by atoms with E-state index >= 15 is 0 Å². The Balaban J connectivity index is -0.000000166. The second-order valence-electron chi connectivity index (χ2n) is 31.5. The number of Topliss-reactive ketones (excluding diaryl/α,β-unsaturated/α-hetero) is 1. The van der Waals surface area contributed by atoms with Gasteiger partial charge in [0.05, 0.1) is 19.3 Å². The molecule has 1 atom stereocenters. The van der Waals surface area contributed by atoms with Crippen LogP contribution >= 0.6 is 0 Å². The number of aliphatic hydroxyl groups excluding tert-OH is 1. The third-order valence-electron chi connectivity index (χ3n) is 16.2. The van der Waals surface area contributed by atoms with Crippen molar-refractivity contribution in [2.24, 2.45) is 76.9 Å². The fourth-order valence-corrected chi connectivity index (χ4v) is 7.93. The van der Waals surface area contributed by atoms with E-state index in [9.17, 15) is 4.79 Å². The van der Waals surface area contributed by atoms with Gasteiger partial charge in [0.15, 0.2) is 0 Å². The molecule has 0 radical (unpaired) electrons. The van der Waals surface area contributed by atoms with Crippen LogP contribution in [0.3, 0.4) is 0 Å². The van der Waals surface area contributed by atoms with Crippen LogP contribution in [-0.2, 0) is 14.3 Å². The number of piperidine rings is 1. The number of ether oxygens (including phenoxy) is 2. The van der Waals surface area contributed by atoms with Gasteiger partial charge in [-0.15, -0.1) is 0 Å². The summed E-state index contributed by atoms with van der Waals surface area (Å²) < 4.78 is 10.1. The van der Waals surface area contributed by atoms with Crippen molar-refractivity contribution in [1.29, 1.82) is 0 Å². The molecule has 0 aromatic carbocycles. The second kappa shape index (κ2) is 72.2. The van der Waals surface area contributed by atoms with Gasteiger partial charge in [-0.1, -0.05) is 225 Å². The van der Waals surface area contributed by atoms with E-state index in [0.29, 0.717) is 5.92 Å². The van der Waals surface area contributed by atoms with Crippen molar-refractivity contribution >= 4 is 5.78 Å². The van der Waals surface area contributed by atoms with Gasteiger partial charge in [-0.2, -0.15) is 0 Å². The third-order valence-corrected chi connectivity index (χ3v) is 16.2. The molecule has 4 rings (SSSR count). The topological polar surface area (TPSA) is 72.0 Å². The van der Waals surface area contributed by atoms with Crippen LogP contribution < -0.4 is 0 Å². The fourth-order valence-electron chi connectivity index (χ4n) is 7.93. The smallest absolute Gasteiger partial charge is 0.132 e. The lowest BCUT2D eigenvalue weighted by molar-refractivity contribution is -0.119. The summed E-state index contributed by atoms with van der Waals surface area (Å²) in [5, 5.41) is 9.03. The molecule has 88 heavy (non-hydrogen) atoms. The molecule has 540 valence electrons. The molecular weight excluding hydrogens is 1080 g/mol. The number of carbonyl (C=O) groups excluding carboxylic acids is 1. The van der Waals surface area contributed by atoms with Crippen molar-refractivity contribution in [3.63, 3.8) is 0 Å². The van der Waals surface area contributed by atoms with Crippen LogP contribution in [0.4, 0.5) is 0 Å². The summed E-state index contributed by atoms with van der Waals surface area (Å²) in [5.41, 5.74) is 0. The quantitative estimate of drug-likeness (QED) is 0.0912. The number of likely N-dealkylation sites (tertiary alicyclic amines) is 1. The second-order valence-corrected chi connectivity index (χ2v) is 31.5. The van der Waals surface area contributed by atoms with Crippen molar-refractivity contribution in [2.75, 3.05) is 127 Å². The van der Waals surface area contributed by atoms with Gasteiger partial charge in [-0.25, -0.2) is 0 Å². The molecule has 1 aliphatic carbocycles. The van der Waals surface area contributed by atoms with E-state index in [4.69, 9.17) is 14.6 Å². The molecule has 0 spiro atoms. The molecule has 4 fully saturated rings. The first kappa shape index (κ1) is 101. The zero-order valence-corrected chi connectivity index (χ0v) is 67.1. The number of morpholine rings is 1. The molecule has 3 heterocycles. The highest BCUT2D eigenvalue weighted by Gasteiger charge is 2.24. The molecule has 1 unspecified atom stereocenters. The highest BCUT2D eigenvalue weighted by molar-refractivity contribution is 5.77. The summed E-state index contributed by atoms with van der Waals surface area (Å²) in [7, 11) is 8.17. The van der Waals surface area contributed by atoms with E-state index < -0.39 is 0 Å². The van der Waals surface area contributed by atoms with E-state index in [2.05, 4.69) is 212 Å². The van der Waals surface area contributed by atoms with E-state index in [1.54, 1.807) is 14.0 Å². The predicted molar refractivity (Wildman–Crippen MR) is 402 cm³/mol. The van der Waals surface area contributed by atoms with Crippen LogP contribution in [0, 0.1) is 76.9 Å². The summed E-state index contributed by atoms with van der Waals surface area (Å²) >= 11 is 0. The molecule has 1 N–H and O–H groups in total. The Morgan fingerprint density at radius 1 is 0.500 bits per heavy atom. The number of hydrogen-bond acceptors (Lipinski definition) is 9. The Labute approximate surface area is 559 Å². The monoisotopic (exact) mass is 1260 g/mol. The van der Waals surface area contributed by atoms with Crippen LogP contribution in [0.2, 0.25) is 0 Å². The number of unbranched alkanes of at least 4 members (excludes halogenated alkanes) is 1. The molecule has 0 bridgehead atoms. The van der Waals surface area contributed by atoms with Crippen molar-refractivity contribution in [3.05, 3.63) is 0 Å². The first-order valence-electron chi connectivity index (χ1n) is 37.7. The molecule has 9 heteroatoms. The van der Waals surface area contributed by atoms with Crippen LogP contribution in [0.25, 0.3) is 0 Å². The summed E-state index contributed by atoms with van der Waals surface area (Å²) in [4.78, 5) is 22.5. The lowest BCUT2D eigenvalue weighted by Gasteiger charge is -2.32. The maximum atomic E-state index is 10.1. The fraction of sp³-hybridized carbons (Fsp3) is 0.987.